The highest BCUT2D eigenvalue weighted by molar-refractivity contribution is 5.94. The van der Waals surface area contributed by atoms with Crippen LogP contribution in [0.15, 0.2) is 48.5 Å². The number of hydrogen-bond acceptors (Lipinski definition) is 4. The van der Waals surface area contributed by atoms with E-state index in [4.69, 9.17) is 20.4 Å². The van der Waals surface area contributed by atoms with Crippen LogP contribution in [0.1, 0.15) is 40.9 Å². The van der Waals surface area contributed by atoms with Crippen molar-refractivity contribution < 1.29 is 19.4 Å². The molecule has 0 bridgehead atoms. The summed E-state index contributed by atoms with van der Waals surface area (Å²) in [6.07, 6.45) is 0.821. The van der Waals surface area contributed by atoms with Crippen LogP contribution in [0.2, 0.25) is 0 Å². The molecule has 0 aromatic heterocycles. The van der Waals surface area contributed by atoms with Gasteiger partial charge in [0.2, 0.25) is 0 Å². The standard InChI is InChI=1S/C21H28N2O2.C2H4O2/c1-16-5-4-6-19(13-16)14-23(17(2)15-25-3)21(24)20-9-7-18(8-10-20)11-12-22;1-2(3)4/h4-10,13,17H,11-12,14-15,22H2,1-3H3;1H3,(H,3,4). The Kier molecular flexibility index (Phi) is 10.7. The van der Waals surface area contributed by atoms with Crippen molar-refractivity contribution in [1.82, 2.24) is 4.90 Å². The number of carboxylic acid groups (broad SMARTS) is 1. The SMILES string of the molecule is CC(=O)O.COCC(C)N(Cc1cccc(C)c1)C(=O)c1ccc(CCN)cc1. The van der Waals surface area contributed by atoms with E-state index in [0.29, 0.717) is 25.3 Å². The maximum atomic E-state index is 13.1. The van der Waals surface area contributed by atoms with Gasteiger partial charge in [-0.3, -0.25) is 9.59 Å². The highest BCUT2D eigenvalue weighted by Gasteiger charge is 2.22. The number of aryl methyl sites for hydroxylation is 1. The number of amides is 1. The van der Waals surface area contributed by atoms with Crippen LogP contribution in [0.3, 0.4) is 0 Å². The third-order valence-corrected chi connectivity index (χ3v) is 4.27. The van der Waals surface area contributed by atoms with Gasteiger partial charge in [-0.15, -0.1) is 0 Å². The minimum Gasteiger partial charge on any atom is -0.481 e. The second kappa shape index (κ2) is 12.7. The highest BCUT2D eigenvalue weighted by atomic mass is 16.5. The number of carboxylic acids is 1. The number of nitrogens with two attached hydrogens (primary N) is 1. The van der Waals surface area contributed by atoms with Crippen LogP contribution in [0.5, 0.6) is 0 Å². The van der Waals surface area contributed by atoms with Gasteiger partial charge in [0.1, 0.15) is 0 Å². The molecule has 1 unspecified atom stereocenters. The molecule has 0 spiro atoms. The molecule has 2 rings (SSSR count). The largest absolute Gasteiger partial charge is 0.481 e. The number of benzene rings is 2. The topological polar surface area (TPSA) is 92.9 Å². The van der Waals surface area contributed by atoms with Crippen molar-refractivity contribution in [1.29, 1.82) is 0 Å². The van der Waals surface area contributed by atoms with Crippen molar-refractivity contribution >= 4 is 11.9 Å². The Bertz CT molecular complexity index is 771. The average molecular weight is 401 g/mol. The third kappa shape index (κ3) is 8.89. The number of ether oxygens (including phenoxy) is 1. The lowest BCUT2D eigenvalue weighted by molar-refractivity contribution is -0.134. The fraction of sp³-hybridized carbons (Fsp3) is 0.391. The second-order valence-electron chi connectivity index (χ2n) is 6.98. The first-order valence-electron chi connectivity index (χ1n) is 9.62. The van der Waals surface area contributed by atoms with Gasteiger partial charge in [0.15, 0.2) is 0 Å². The fourth-order valence-electron chi connectivity index (χ4n) is 2.91. The summed E-state index contributed by atoms with van der Waals surface area (Å²) in [6, 6.07) is 16.0. The molecule has 2 aromatic carbocycles. The molecule has 158 valence electrons. The summed E-state index contributed by atoms with van der Waals surface area (Å²) in [5, 5.41) is 7.42. The summed E-state index contributed by atoms with van der Waals surface area (Å²) in [7, 11) is 1.66. The van der Waals surface area contributed by atoms with Crippen LogP contribution < -0.4 is 5.73 Å². The molecule has 0 heterocycles. The zero-order valence-electron chi connectivity index (χ0n) is 17.7. The molecule has 2 aromatic rings. The lowest BCUT2D eigenvalue weighted by atomic mass is 10.1. The minimum atomic E-state index is -0.833. The van der Waals surface area contributed by atoms with E-state index in [2.05, 4.69) is 25.1 Å². The maximum Gasteiger partial charge on any atom is 0.300 e. The summed E-state index contributed by atoms with van der Waals surface area (Å²) < 4.78 is 5.28. The molecular formula is C23H32N2O4. The monoisotopic (exact) mass is 400 g/mol. The van der Waals surface area contributed by atoms with E-state index in [-0.39, 0.29) is 11.9 Å². The number of carbonyl (C=O) groups excluding carboxylic acids is 1. The Balaban J connectivity index is 0.000000960. The normalized spacial score (nSPS) is 11.2. The molecule has 0 aliphatic heterocycles. The first kappa shape index (κ1) is 24.3. The molecule has 0 aliphatic rings. The molecule has 0 saturated carbocycles. The molecular weight excluding hydrogens is 368 g/mol. The van der Waals surface area contributed by atoms with Gasteiger partial charge >= 0.3 is 0 Å². The quantitative estimate of drug-likeness (QED) is 0.709. The van der Waals surface area contributed by atoms with Crippen molar-refractivity contribution in [3.63, 3.8) is 0 Å². The van der Waals surface area contributed by atoms with Crippen molar-refractivity contribution in [2.75, 3.05) is 20.3 Å². The predicted molar refractivity (Wildman–Crippen MR) is 115 cm³/mol. The predicted octanol–water partition coefficient (Wildman–Crippen LogP) is 3.26. The van der Waals surface area contributed by atoms with Crippen molar-refractivity contribution in [3.05, 3.63) is 70.8 Å². The lowest BCUT2D eigenvalue weighted by Crippen LogP contribution is -2.40. The molecule has 0 fully saturated rings. The lowest BCUT2D eigenvalue weighted by Gasteiger charge is -2.29. The van der Waals surface area contributed by atoms with Gasteiger partial charge < -0.3 is 20.5 Å². The van der Waals surface area contributed by atoms with Crippen LogP contribution in [0.25, 0.3) is 0 Å². The molecule has 0 radical (unpaired) electrons. The van der Waals surface area contributed by atoms with E-state index in [1.807, 2.05) is 42.2 Å². The van der Waals surface area contributed by atoms with Gasteiger partial charge in [0, 0.05) is 26.1 Å². The molecule has 3 N–H and O–H groups in total. The molecule has 0 saturated heterocycles. The highest BCUT2D eigenvalue weighted by Crippen LogP contribution is 2.16. The first-order chi connectivity index (χ1) is 13.8. The van der Waals surface area contributed by atoms with Crippen LogP contribution in [-0.2, 0) is 22.5 Å². The summed E-state index contributed by atoms with van der Waals surface area (Å²) in [4.78, 5) is 23.9. The Labute approximate surface area is 173 Å². The van der Waals surface area contributed by atoms with Crippen LogP contribution >= 0.6 is 0 Å². The summed E-state index contributed by atoms with van der Waals surface area (Å²) in [5.74, 6) is -0.814. The number of aliphatic carboxylic acids is 1. The third-order valence-electron chi connectivity index (χ3n) is 4.27. The molecule has 1 amide bonds. The Morgan fingerprint density at radius 3 is 2.28 bits per heavy atom. The van der Waals surface area contributed by atoms with E-state index in [1.54, 1.807) is 7.11 Å². The van der Waals surface area contributed by atoms with Gasteiger partial charge in [-0.05, 0) is 50.1 Å². The number of hydrogen-bond donors (Lipinski definition) is 2. The number of methoxy groups -OCH3 is 1. The summed E-state index contributed by atoms with van der Waals surface area (Å²) in [5.41, 5.74) is 9.74. The Morgan fingerprint density at radius 2 is 1.76 bits per heavy atom. The Morgan fingerprint density at radius 1 is 1.14 bits per heavy atom. The van der Waals surface area contributed by atoms with Crippen molar-refractivity contribution in [2.24, 2.45) is 5.73 Å². The maximum absolute atomic E-state index is 13.1. The molecule has 29 heavy (non-hydrogen) atoms. The number of nitrogens with zero attached hydrogens (tertiary/aromatic N) is 1. The molecule has 1 atom stereocenters. The van der Waals surface area contributed by atoms with E-state index in [9.17, 15) is 4.79 Å². The van der Waals surface area contributed by atoms with Gasteiger partial charge in [0.25, 0.3) is 11.9 Å². The molecule has 0 aliphatic carbocycles. The van der Waals surface area contributed by atoms with Crippen molar-refractivity contribution in [2.45, 2.75) is 39.8 Å². The van der Waals surface area contributed by atoms with E-state index >= 15 is 0 Å². The van der Waals surface area contributed by atoms with Crippen LogP contribution in [0, 0.1) is 6.92 Å². The van der Waals surface area contributed by atoms with Crippen LogP contribution in [-0.4, -0.2) is 48.2 Å². The smallest absolute Gasteiger partial charge is 0.300 e. The minimum absolute atomic E-state index is 0.0123. The average Bonchev–Trinajstić information content (AvgIpc) is 2.66. The zero-order valence-corrected chi connectivity index (χ0v) is 17.7. The summed E-state index contributed by atoms with van der Waals surface area (Å²) >= 11 is 0. The van der Waals surface area contributed by atoms with Crippen LogP contribution in [0.4, 0.5) is 0 Å². The molecule has 6 nitrogen and oxygen atoms in total. The molecule has 6 heteroatoms. The van der Waals surface area contributed by atoms with Gasteiger partial charge in [-0.2, -0.15) is 0 Å². The number of rotatable bonds is 8. The first-order valence-corrected chi connectivity index (χ1v) is 9.62. The Hall–Kier alpha value is -2.70. The van der Waals surface area contributed by atoms with E-state index in [1.165, 1.54) is 5.56 Å². The van der Waals surface area contributed by atoms with Gasteiger partial charge in [0.05, 0.1) is 12.6 Å². The van der Waals surface area contributed by atoms with Gasteiger partial charge in [-0.1, -0.05) is 42.0 Å². The van der Waals surface area contributed by atoms with E-state index < -0.39 is 5.97 Å². The zero-order chi connectivity index (χ0) is 21.8. The fourth-order valence-corrected chi connectivity index (χ4v) is 2.91. The summed E-state index contributed by atoms with van der Waals surface area (Å²) in [6.45, 7) is 6.83. The van der Waals surface area contributed by atoms with Gasteiger partial charge in [-0.25, -0.2) is 0 Å². The second-order valence-corrected chi connectivity index (χ2v) is 6.98. The van der Waals surface area contributed by atoms with E-state index in [0.717, 1.165) is 24.5 Å². The number of carbonyl (C=O) groups is 2. The van der Waals surface area contributed by atoms with Crippen molar-refractivity contribution in [3.8, 4) is 0 Å².